The van der Waals surface area contributed by atoms with Crippen LogP contribution >= 0.6 is 0 Å². The van der Waals surface area contributed by atoms with Crippen LogP contribution in [0.5, 0.6) is 0 Å². The molecule has 0 aliphatic carbocycles. The monoisotopic (exact) mass is 407 g/mol. The quantitative estimate of drug-likeness (QED) is 0.433. The Morgan fingerprint density at radius 1 is 1.14 bits per heavy atom. The van der Waals surface area contributed by atoms with Gasteiger partial charge in [-0.25, -0.2) is 9.18 Å². The molecule has 1 aliphatic rings. The number of carbonyl (C=O) groups excluding carboxylic acids is 4. The first-order valence-electron chi connectivity index (χ1n) is 9.50. The van der Waals surface area contributed by atoms with E-state index in [1.54, 1.807) is 27.7 Å². The lowest BCUT2D eigenvalue weighted by molar-refractivity contribution is -0.156. The summed E-state index contributed by atoms with van der Waals surface area (Å²) in [6, 6.07) is 4.62. The summed E-state index contributed by atoms with van der Waals surface area (Å²) in [4.78, 5) is 52.8. The van der Waals surface area contributed by atoms with Crippen molar-refractivity contribution in [2.24, 2.45) is 5.41 Å². The van der Waals surface area contributed by atoms with Gasteiger partial charge in [0, 0.05) is 25.1 Å². The number of hydrogen-bond donors (Lipinski definition) is 0. The lowest BCUT2D eigenvalue weighted by Crippen LogP contribution is -2.48. The first kappa shape index (κ1) is 22.5. The van der Waals surface area contributed by atoms with Crippen LogP contribution in [0.3, 0.4) is 0 Å². The van der Waals surface area contributed by atoms with Crippen molar-refractivity contribution in [2.45, 2.75) is 46.1 Å². The number of halogens is 1. The Morgan fingerprint density at radius 2 is 1.76 bits per heavy atom. The molecule has 1 saturated heterocycles. The third kappa shape index (κ3) is 4.99. The average molecular weight is 407 g/mol. The Morgan fingerprint density at radius 3 is 2.31 bits per heavy atom. The van der Waals surface area contributed by atoms with Crippen LogP contribution in [0.1, 0.15) is 50.9 Å². The van der Waals surface area contributed by atoms with E-state index in [1.807, 2.05) is 0 Å². The molecular weight excluding hydrogens is 381 g/mol. The summed E-state index contributed by atoms with van der Waals surface area (Å²) in [5.41, 5.74) is -2.78. The Kier molecular flexibility index (Phi) is 6.77. The highest BCUT2D eigenvalue weighted by atomic mass is 19.1. The minimum atomic E-state index is -2.08. The molecule has 8 heteroatoms. The SMILES string of the molecule is CCOC(=O)C1(C(=O)c2ccc(F)cc2)CCN(C(=O)OC(C)(C)C)CCC1=O. The number of benzene rings is 1. The van der Waals surface area contributed by atoms with E-state index in [0.29, 0.717) is 0 Å². The normalized spacial score (nSPS) is 20.0. The highest BCUT2D eigenvalue weighted by Gasteiger charge is 2.54. The Hall–Kier alpha value is -2.77. The molecule has 0 aromatic heterocycles. The van der Waals surface area contributed by atoms with Crippen LogP contribution in [0.2, 0.25) is 0 Å². The summed E-state index contributed by atoms with van der Waals surface area (Å²) >= 11 is 0. The van der Waals surface area contributed by atoms with E-state index >= 15 is 0 Å². The van der Waals surface area contributed by atoms with Crippen molar-refractivity contribution in [3.8, 4) is 0 Å². The van der Waals surface area contributed by atoms with Gasteiger partial charge in [0.15, 0.2) is 17.0 Å². The van der Waals surface area contributed by atoms with Crippen molar-refractivity contribution >= 4 is 23.6 Å². The average Bonchev–Trinajstić information content (AvgIpc) is 2.80. The van der Waals surface area contributed by atoms with E-state index in [9.17, 15) is 23.6 Å². The van der Waals surface area contributed by atoms with Gasteiger partial charge < -0.3 is 14.4 Å². The number of rotatable bonds is 4. The highest BCUT2D eigenvalue weighted by molar-refractivity contribution is 6.27. The summed E-state index contributed by atoms with van der Waals surface area (Å²) in [7, 11) is 0. The smallest absolute Gasteiger partial charge is 0.410 e. The molecular formula is C21H26FNO6. The first-order chi connectivity index (χ1) is 13.5. The number of ketones is 2. The molecule has 0 spiro atoms. The van der Waals surface area contributed by atoms with Crippen LogP contribution in [0.15, 0.2) is 24.3 Å². The summed E-state index contributed by atoms with van der Waals surface area (Å²) < 4.78 is 23.7. The van der Waals surface area contributed by atoms with Crippen LogP contribution in [0.25, 0.3) is 0 Å². The van der Waals surface area contributed by atoms with Crippen molar-refractivity contribution in [3.05, 3.63) is 35.6 Å². The molecule has 0 bridgehead atoms. The van der Waals surface area contributed by atoms with Gasteiger partial charge in [-0.1, -0.05) is 0 Å². The van der Waals surface area contributed by atoms with Gasteiger partial charge in [-0.3, -0.25) is 14.4 Å². The molecule has 7 nitrogen and oxygen atoms in total. The maximum absolute atomic E-state index is 13.3. The van der Waals surface area contributed by atoms with Crippen molar-refractivity contribution in [1.82, 2.24) is 4.90 Å². The summed E-state index contributed by atoms with van der Waals surface area (Å²) in [5.74, 6) is -2.89. The maximum Gasteiger partial charge on any atom is 0.410 e. The minimum absolute atomic E-state index is 0.0136. The third-order valence-electron chi connectivity index (χ3n) is 4.61. The molecule has 1 aliphatic heterocycles. The van der Waals surface area contributed by atoms with Gasteiger partial charge in [-0.15, -0.1) is 0 Å². The second-order valence-electron chi connectivity index (χ2n) is 7.85. The number of amides is 1. The molecule has 0 saturated carbocycles. The zero-order chi connectivity index (χ0) is 21.8. The molecule has 1 aromatic rings. The largest absolute Gasteiger partial charge is 0.465 e. The third-order valence-corrected chi connectivity index (χ3v) is 4.61. The van der Waals surface area contributed by atoms with Gasteiger partial charge in [0.2, 0.25) is 0 Å². The van der Waals surface area contributed by atoms with Crippen LogP contribution in [-0.4, -0.2) is 53.8 Å². The van der Waals surface area contributed by atoms with E-state index in [1.165, 1.54) is 17.0 Å². The fourth-order valence-corrected chi connectivity index (χ4v) is 3.16. The van der Waals surface area contributed by atoms with Crippen molar-refractivity contribution in [2.75, 3.05) is 19.7 Å². The van der Waals surface area contributed by atoms with Gasteiger partial charge in [0.25, 0.3) is 0 Å². The van der Waals surface area contributed by atoms with Crippen LogP contribution < -0.4 is 0 Å². The van der Waals surface area contributed by atoms with Gasteiger partial charge in [-0.2, -0.15) is 0 Å². The van der Waals surface area contributed by atoms with E-state index in [-0.39, 0.29) is 38.1 Å². The number of nitrogens with zero attached hydrogens (tertiary/aromatic N) is 1. The van der Waals surface area contributed by atoms with Crippen molar-refractivity contribution < 1.29 is 33.0 Å². The second-order valence-corrected chi connectivity index (χ2v) is 7.85. The van der Waals surface area contributed by atoms with Crippen molar-refractivity contribution in [1.29, 1.82) is 0 Å². The predicted octanol–water partition coefficient (Wildman–Crippen LogP) is 3.16. The highest BCUT2D eigenvalue weighted by Crippen LogP contribution is 2.34. The fraction of sp³-hybridized carbons (Fsp3) is 0.524. The Labute approximate surface area is 169 Å². The zero-order valence-electron chi connectivity index (χ0n) is 17.1. The predicted molar refractivity (Wildman–Crippen MR) is 102 cm³/mol. The van der Waals surface area contributed by atoms with E-state index in [4.69, 9.17) is 9.47 Å². The zero-order valence-corrected chi connectivity index (χ0v) is 17.1. The van der Waals surface area contributed by atoms with Gasteiger partial charge >= 0.3 is 12.1 Å². The molecule has 0 radical (unpaired) electrons. The number of ether oxygens (including phenoxy) is 2. The molecule has 1 heterocycles. The summed E-state index contributed by atoms with van der Waals surface area (Å²) in [6.45, 7) is 6.69. The molecule has 1 unspecified atom stereocenters. The summed E-state index contributed by atoms with van der Waals surface area (Å²) in [6.07, 6.45) is -1.07. The van der Waals surface area contributed by atoms with E-state index in [0.717, 1.165) is 12.1 Å². The van der Waals surface area contributed by atoms with Crippen LogP contribution in [0.4, 0.5) is 9.18 Å². The van der Waals surface area contributed by atoms with Gasteiger partial charge in [0.1, 0.15) is 11.4 Å². The number of likely N-dealkylation sites (tertiary alicyclic amines) is 1. The molecule has 1 amide bonds. The number of esters is 1. The molecule has 1 atom stereocenters. The van der Waals surface area contributed by atoms with Crippen LogP contribution in [0, 0.1) is 11.2 Å². The fourth-order valence-electron chi connectivity index (χ4n) is 3.16. The van der Waals surface area contributed by atoms with E-state index in [2.05, 4.69) is 0 Å². The summed E-state index contributed by atoms with van der Waals surface area (Å²) in [5, 5.41) is 0. The minimum Gasteiger partial charge on any atom is -0.465 e. The van der Waals surface area contributed by atoms with Crippen molar-refractivity contribution in [3.63, 3.8) is 0 Å². The lowest BCUT2D eigenvalue weighted by atomic mass is 9.73. The van der Waals surface area contributed by atoms with Crippen LogP contribution in [-0.2, 0) is 19.1 Å². The number of hydrogen-bond acceptors (Lipinski definition) is 6. The Balaban J connectivity index is 2.39. The molecule has 158 valence electrons. The van der Waals surface area contributed by atoms with Gasteiger partial charge in [0.05, 0.1) is 6.61 Å². The molecule has 1 aromatic carbocycles. The van der Waals surface area contributed by atoms with E-state index < -0.39 is 40.5 Å². The van der Waals surface area contributed by atoms with Gasteiger partial charge in [-0.05, 0) is 58.4 Å². The molecule has 2 rings (SSSR count). The lowest BCUT2D eigenvalue weighted by Gasteiger charge is -2.28. The molecule has 1 fully saturated rings. The second kappa shape index (κ2) is 8.71. The maximum atomic E-state index is 13.3. The topological polar surface area (TPSA) is 90.0 Å². The Bertz CT molecular complexity index is 798. The number of Topliss-reactive ketones (excluding diaryl/α,β-unsaturated/α-hetero) is 2. The molecule has 29 heavy (non-hydrogen) atoms. The first-order valence-corrected chi connectivity index (χ1v) is 9.50. The standard InChI is InChI=1S/C21H26FNO6/c1-5-28-18(26)21(17(25)14-6-8-15(22)9-7-14)11-13-23(12-10-16(21)24)19(27)29-20(2,3)4/h6-9H,5,10-13H2,1-4H3. The number of carbonyl (C=O) groups is 4. The molecule has 0 N–H and O–H groups in total.